The molecular weight excluding hydrogens is 278 g/mol. The Kier molecular flexibility index (Phi) is 4.15. The van der Waals surface area contributed by atoms with Gasteiger partial charge >= 0.3 is 0 Å². The molecular formula is C14H17NO4S. The van der Waals surface area contributed by atoms with Gasteiger partial charge in [-0.15, -0.1) is 0 Å². The Morgan fingerprint density at radius 3 is 2.60 bits per heavy atom. The molecule has 20 heavy (non-hydrogen) atoms. The van der Waals surface area contributed by atoms with E-state index in [1.54, 1.807) is 18.2 Å². The summed E-state index contributed by atoms with van der Waals surface area (Å²) in [7, 11) is -3.77. The zero-order chi connectivity index (χ0) is 14.8. The average Bonchev–Trinajstić information content (AvgIpc) is 2.88. The summed E-state index contributed by atoms with van der Waals surface area (Å²) in [5.41, 5.74) is 1.53. The number of anilines is 1. The molecule has 0 saturated carbocycles. The maximum atomic E-state index is 12.1. The molecule has 2 aromatic rings. The summed E-state index contributed by atoms with van der Waals surface area (Å²) >= 11 is 0. The van der Waals surface area contributed by atoms with E-state index in [-0.39, 0.29) is 17.5 Å². The molecule has 0 radical (unpaired) electrons. The van der Waals surface area contributed by atoms with E-state index in [1.807, 2.05) is 19.9 Å². The minimum atomic E-state index is -3.77. The Hall–Kier alpha value is -1.79. The number of nitrogens with one attached hydrogen (secondary N) is 1. The van der Waals surface area contributed by atoms with Crippen LogP contribution < -0.4 is 4.72 Å². The van der Waals surface area contributed by atoms with Crippen LogP contribution in [0.5, 0.6) is 0 Å². The minimum absolute atomic E-state index is 0.210. The first kappa shape index (κ1) is 14.6. The van der Waals surface area contributed by atoms with Crippen molar-refractivity contribution in [2.75, 3.05) is 4.72 Å². The topological polar surface area (TPSA) is 79.5 Å². The average molecular weight is 295 g/mol. The van der Waals surface area contributed by atoms with Gasteiger partial charge in [-0.05, 0) is 35.7 Å². The molecule has 0 spiro atoms. The molecule has 0 saturated heterocycles. The first-order valence-electron chi connectivity index (χ1n) is 6.25. The number of sulfonamides is 1. The fraction of sp³-hybridized carbons (Fsp3) is 0.286. The lowest BCUT2D eigenvalue weighted by atomic mass is 10.0. The molecule has 108 valence electrons. The summed E-state index contributed by atoms with van der Waals surface area (Å²) in [6, 6.07) is 9.96. The second-order valence-electron chi connectivity index (χ2n) is 4.76. The SMILES string of the molecule is CC(C)c1cccc(NS(=O)(=O)c2ccc(CO)o2)c1. The number of furan rings is 1. The zero-order valence-corrected chi connectivity index (χ0v) is 12.1. The summed E-state index contributed by atoms with van der Waals surface area (Å²) in [6.45, 7) is 3.74. The van der Waals surface area contributed by atoms with Gasteiger partial charge in [0.2, 0.25) is 5.09 Å². The molecule has 5 nitrogen and oxygen atoms in total. The van der Waals surface area contributed by atoms with Crippen LogP contribution in [0.15, 0.2) is 45.9 Å². The minimum Gasteiger partial charge on any atom is -0.445 e. The van der Waals surface area contributed by atoms with Gasteiger partial charge in [-0.25, -0.2) is 0 Å². The summed E-state index contributed by atoms with van der Waals surface area (Å²) < 4.78 is 31.8. The molecule has 0 atom stereocenters. The molecule has 0 aliphatic heterocycles. The Morgan fingerprint density at radius 2 is 2.00 bits per heavy atom. The molecule has 0 aliphatic rings. The maximum absolute atomic E-state index is 12.1. The van der Waals surface area contributed by atoms with E-state index in [2.05, 4.69) is 4.72 Å². The lowest BCUT2D eigenvalue weighted by Gasteiger charge is -2.09. The van der Waals surface area contributed by atoms with E-state index in [0.717, 1.165) is 5.56 Å². The Bertz CT molecular complexity index is 689. The van der Waals surface area contributed by atoms with E-state index in [4.69, 9.17) is 9.52 Å². The van der Waals surface area contributed by atoms with Crippen LogP contribution in [0.1, 0.15) is 31.1 Å². The normalized spacial score (nSPS) is 11.8. The predicted octanol–water partition coefficient (Wildman–Crippen LogP) is 2.70. The third-order valence-electron chi connectivity index (χ3n) is 2.86. The second-order valence-corrected chi connectivity index (χ2v) is 6.38. The molecule has 0 bridgehead atoms. The fourth-order valence-electron chi connectivity index (χ4n) is 1.75. The van der Waals surface area contributed by atoms with Crippen LogP contribution in [0.3, 0.4) is 0 Å². The highest BCUT2D eigenvalue weighted by molar-refractivity contribution is 7.92. The Labute approximate surface area is 118 Å². The molecule has 0 fully saturated rings. The van der Waals surface area contributed by atoms with Gasteiger partial charge in [0, 0.05) is 5.69 Å². The molecule has 6 heteroatoms. The van der Waals surface area contributed by atoms with Crippen molar-refractivity contribution in [2.24, 2.45) is 0 Å². The Morgan fingerprint density at radius 1 is 1.25 bits per heavy atom. The van der Waals surface area contributed by atoms with Crippen LogP contribution in [0.2, 0.25) is 0 Å². The highest BCUT2D eigenvalue weighted by Gasteiger charge is 2.19. The third kappa shape index (κ3) is 3.20. The van der Waals surface area contributed by atoms with Gasteiger partial charge in [0.1, 0.15) is 12.4 Å². The summed E-state index contributed by atoms with van der Waals surface area (Å²) in [6.07, 6.45) is 0. The quantitative estimate of drug-likeness (QED) is 0.888. The fourth-order valence-corrected chi connectivity index (χ4v) is 2.76. The van der Waals surface area contributed by atoms with Gasteiger partial charge < -0.3 is 9.52 Å². The summed E-state index contributed by atoms with van der Waals surface area (Å²) in [5.74, 6) is 0.519. The molecule has 1 aromatic carbocycles. The lowest BCUT2D eigenvalue weighted by molar-refractivity contribution is 0.236. The van der Waals surface area contributed by atoms with Gasteiger partial charge in [0.25, 0.3) is 10.0 Å². The van der Waals surface area contributed by atoms with Gasteiger partial charge in [-0.2, -0.15) is 8.42 Å². The molecule has 1 aromatic heterocycles. The zero-order valence-electron chi connectivity index (χ0n) is 11.3. The number of hydrogen-bond donors (Lipinski definition) is 2. The number of aliphatic hydroxyl groups excluding tert-OH is 1. The number of rotatable bonds is 5. The van der Waals surface area contributed by atoms with Crippen molar-refractivity contribution < 1.29 is 17.9 Å². The van der Waals surface area contributed by atoms with Crippen LogP contribution in [-0.2, 0) is 16.6 Å². The van der Waals surface area contributed by atoms with Gasteiger partial charge in [0.15, 0.2) is 0 Å². The number of aliphatic hydroxyl groups is 1. The molecule has 1 heterocycles. The number of benzene rings is 1. The Balaban J connectivity index is 2.26. The van der Waals surface area contributed by atoms with Crippen molar-refractivity contribution in [1.29, 1.82) is 0 Å². The van der Waals surface area contributed by atoms with Crippen LogP contribution in [0.4, 0.5) is 5.69 Å². The van der Waals surface area contributed by atoms with E-state index in [9.17, 15) is 8.42 Å². The molecule has 0 aliphatic carbocycles. The van der Waals surface area contributed by atoms with Crippen molar-refractivity contribution in [1.82, 2.24) is 0 Å². The van der Waals surface area contributed by atoms with Crippen LogP contribution in [-0.4, -0.2) is 13.5 Å². The summed E-state index contributed by atoms with van der Waals surface area (Å²) in [5, 5.41) is 8.68. The first-order valence-corrected chi connectivity index (χ1v) is 7.73. The van der Waals surface area contributed by atoms with Crippen LogP contribution in [0.25, 0.3) is 0 Å². The predicted molar refractivity (Wildman–Crippen MR) is 76.0 cm³/mol. The van der Waals surface area contributed by atoms with Crippen molar-refractivity contribution in [3.63, 3.8) is 0 Å². The van der Waals surface area contributed by atoms with Gasteiger partial charge in [-0.1, -0.05) is 26.0 Å². The standard InChI is InChI=1S/C14H17NO4S/c1-10(2)11-4-3-5-12(8-11)15-20(17,18)14-7-6-13(9-16)19-14/h3-8,10,15-16H,9H2,1-2H3. The molecule has 0 unspecified atom stereocenters. The van der Waals surface area contributed by atoms with Crippen molar-refractivity contribution in [3.05, 3.63) is 47.7 Å². The van der Waals surface area contributed by atoms with E-state index in [1.165, 1.54) is 12.1 Å². The highest BCUT2D eigenvalue weighted by atomic mass is 32.2. The van der Waals surface area contributed by atoms with Crippen molar-refractivity contribution >= 4 is 15.7 Å². The number of hydrogen-bond acceptors (Lipinski definition) is 4. The molecule has 2 N–H and O–H groups in total. The molecule has 2 rings (SSSR count). The van der Waals surface area contributed by atoms with Crippen LogP contribution >= 0.6 is 0 Å². The lowest BCUT2D eigenvalue weighted by Crippen LogP contribution is -2.12. The van der Waals surface area contributed by atoms with Crippen molar-refractivity contribution in [2.45, 2.75) is 31.5 Å². The summed E-state index contributed by atoms with van der Waals surface area (Å²) in [4.78, 5) is 0. The highest BCUT2D eigenvalue weighted by Crippen LogP contribution is 2.22. The molecule has 0 amide bonds. The third-order valence-corrected chi connectivity index (χ3v) is 4.12. The van der Waals surface area contributed by atoms with Gasteiger partial charge in [-0.3, -0.25) is 4.72 Å². The largest absolute Gasteiger partial charge is 0.445 e. The van der Waals surface area contributed by atoms with E-state index in [0.29, 0.717) is 11.6 Å². The van der Waals surface area contributed by atoms with Gasteiger partial charge in [0.05, 0.1) is 0 Å². The van der Waals surface area contributed by atoms with E-state index >= 15 is 0 Å². The van der Waals surface area contributed by atoms with Crippen LogP contribution in [0, 0.1) is 0 Å². The first-order chi connectivity index (χ1) is 9.42. The van der Waals surface area contributed by atoms with E-state index < -0.39 is 10.0 Å². The monoisotopic (exact) mass is 295 g/mol. The smallest absolute Gasteiger partial charge is 0.295 e. The van der Waals surface area contributed by atoms with Crippen molar-refractivity contribution in [3.8, 4) is 0 Å². The second kappa shape index (κ2) is 5.68. The maximum Gasteiger partial charge on any atom is 0.295 e.